The number of hydrogen-bond donors (Lipinski definition) is 2. The summed E-state index contributed by atoms with van der Waals surface area (Å²) in [5.74, 6) is 5.59. The highest BCUT2D eigenvalue weighted by atomic mass is 16.5. The van der Waals surface area contributed by atoms with Gasteiger partial charge in [-0.15, -0.1) is 0 Å². The summed E-state index contributed by atoms with van der Waals surface area (Å²) >= 11 is 0. The molecule has 1 amide bonds. The fraction of sp³-hybridized carbons (Fsp3) is 0.308. The smallest absolute Gasteiger partial charge is 0.226 e. The summed E-state index contributed by atoms with van der Waals surface area (Å²) in [5.41, 5.74) is 6.79. The van der Waals surface area contributed by atoms with Crippen molar-refractivity contribution >= 4 is 11.6 Å². The molecule has 0 unspecified atom stereocenters. The van der Waals surface area contributed by atoms with E-state index in [9.17, 15) is 4.79 Å². The highest BCUT2D eigenvalue weighted by molar-refractivity contribution is 5.92. The molecule has 90 valence electrons. The number of rotatable bonds is 4. The van der Waals surface area contributed by atoms with Crippen molar-refractivity contribution in [2.75, 3.05) is 25.6 Å². The van der Waals surface area contributed by atoms with E-state index in [1.165, 1.54) is 0 Å². The first-order valence-corrected chi connectivity index (χ1v) is 5.34. The van der Waals surface area contributed by atoms with E-state index in [1.54, 1.807) is 7.11 Å². The summed E-state index contributed by atoms with van der Waals surface area (Å²) in [6.07, 6.45) is 0.329. The molecule has 0 saturated carbocycles. The fourth-order valence-electron chi connectivity index (χ4n) is 1.25. The van der Waals surface area contributed by atoms with E-state index in [1.807, 2.05) is 24.3 Å². The Morgan fingerprint density at radius 3 is 2.94 bits per heavy atom. The summed E-state index contributed by atoms with van der Waals surface area (Å²) in [5, 5.41) is 2.79. The van der Waals surface area contributed by atoms with Crippen LogP contribution < -0.4 is 11.1 Å². The van der Waals surface area contributed by atoms with E-state index in [-0.39, 0.29) is 5.91 Å². The molecule has 0 aromatic heterocycles. The second kappa shape index (κ2) is 7.44. The van der Waals surface area contributed by atoms with Crippen molar-refractivity contribution in [3.63, 3.8) is 0 Å². The lowest BCUT2D eigenvalue weighted by atomic mass is 10.2. The van der Waals surface area contributed by atoms with Crippen LogP contribution in [0.1, 0.15) is 12.0 Å². The maximum Gasteiger partial charge on any atom is 0.226 e. The Labute approximate surface area is 101 Å². The van der Waals surface area contributed by atoms with E-state index < -0.39 is 0 Å². The Bertz CT molecular complexity index is 433. The van der Waals surface area contributed by atoms with Crippen LogP contribution >= 0.6 is 0 Å². The van der Waals surface area contributed by atoms with Gasteiger partial charge in [-0.25, -0.2) is 0 Å². The zero-order chi connectivity index (χ0) is 12.5. The molecule has 4 heteroatoms. The molecule has 0 aliphatic rings. The van der Waals surface area contributed by atoms with Crippen LogP contribution in [-0.4, -0.2) is 26.2 Å². The van der Waals surface area contributed by atoms with Crippen LogP contribution in [0, 0.1) is 11.8 Å². The molecule has 0 spiro atoms. The van der Waals surface area contributed by atoms with E-state index in [2.05, 4.69) is 17.2 Å². The first-order valence-electron chi connectivity index (χ1n) is 5.34. The number of para-hydroxylation sites is 1. The van der Waals surface area contributed by atoms with Gasteiger partial charge in [-0.1, -0.05) is 24.0 Å². The topological polar surface area (TPSA) is 64.3 Å². The lowest BCUT2D eigenvalue weighted by Gasteiger charge is -2.06. The van der Waals surface area contributed by atoms with Gasteiger partial charge >= 0.3 is 0 Å². The minimum atomic E-state index is -0.0890. The Kier molecular flexibility index (Phi) is 5.80. The SMILES string of the molecule is COCCC(=O)Nc1ccccc1C#CCN. The van der Waals surface area contributed by atoms with Gasteiger partial charge in [-0.3, -0.25) is 4.79 Å². The molecular formula is C13H16N2O2. The maximum absolute atomic E-state index is 11.5. The van der Waals surface area contributed by atoms with Gasteiger partial charge in [-0.2, -0.15) is 0 Å². The zero-order valence-corrected chi connectivity index (χ0v) is 9.82. The molecule has 0 aliphatic carbocycles. The fourth-order valence-corrected chi connectivity index (χ4v) is 1.25. The van der Waals surface area contributed by atoms with Crippen molar-refractivity contribution in [3.8, 4) is 11.8 Å². The molecule has 0 saturated heterocycles. The van der Waals surface area contributed by atoms with Gasteiger partial charge in [0, 0.05) is 12.7 Å². The monoisotopic (exact) mass is 232 g/mol. The number of ether oxygens (including phenoxy) is 1. The van der Waals surface area contributed by atoms with E-state index in [0.29, 0.717) is 25.3 Å². The number of nitrogens with one attached hydrogen (secondary N) is 1. The summed E-state index contributed by atoms with van der Waals surface area (Å²) in [6.45, 7) is 0.703. The third-order valence-electron chi connectivity index (χ3n) is 2.06. The van der Waals surface area contributed by atoms with Crippen molar-refractivity contribution < 1.29 is 9.53 Å². The predicted octanol–water partition coefficient (Wildman–Crippen LogP) is 0.972. The number of methoxy groups -OCH3 is 1. The summed E-state index contributed by atoms with van der Waals surface area (Å²) in [4.78, 5) is 11.5. The zero-order valence-electron chi connectivity index (χ0n) is 9.82. The quantitative estimate of drug-likeness (QED) is 0.760. The average molecular weight is 232 g/mol. The predicted molar refractivity (Wildman–Crippen MR) is 67.5 cm³/mol. The number of amides is 1. The molecule has 1 rings (SSSR count). The first-order chi connectivity index (χ1) is 8.27. The number of benzene rings is 1. The number of hydrogen-bond acceptors (Lipinski definition) is 3. The second-order valence-corrected chi connectivity index (χ2v) is 3.34. The third-order valence-corrected chi connectivity index (χ3v) is 2.06. The molecule has 1 aromatic carbocycles. The highest BCUT2D eigenvalue weighted by Crippen LogP contribution is 2.13. The third kappa shape index (κ3) is 4.68. The van der Waals surface area contributed by atoms with Gasteiger partial charge < -0.3 is 15.8 Å². The molecule has 0 fully saturated rings. The summed E-state index contributed by atoms with van der Waals surface area (Å²) in [6, 6.07) is 7.37. The number of carbonyl (C=O) groups excluding carboxylic acids is 1. The van der Waals surface area contributed by atoms with Gasteiger partial charge in [0.1, 0.15) is 0 Å². The van der Waals surface area contributed by atoms with E-state index in [4.69, 9.17) is 10.5 Å². The molecule has 0 heterocycles. The molecule has 17 heavy (non-hydrogen) atoms. The summed E-state index contributed by atoms with van der Waals surface area (Å²) < 4.78 is 4.84. The van der Waals surface area contributed by atoms with Crippen LogP contribution in [0.5, 0.6) is 0 Å². The maximum atomic E-state index is 11.5. The van der Waals surface area contributed by atoms with Crippen molar-refractivity contribution in [2.24, 2.45) is 5.73 Å². The van der Waals surface area contributed by atoms with Crippen LogP contribution in [0.2, 0.25) is 0 Å². The lowest BCUT2D eigenvalue weighted by molar-refractivity contribution is -0.117. The van der Waals surface area contributed by atoms with Crippen molar-refractivity contribution in [1.29, 1.82) is 0 Å². The first kappa shape index (κ1) is 13.2. The van der Waals surface area contributed by atoms with E-state index >= 15 is 0 Å². The Hall–Kier alpha value is -1.83. The van der Waals surface area contributed by atoms with Crippen LogP contribution in [0.15, 0.2) is 24.3 Å². The van der Waals surface area contributed by atoms with Crippen molar-refractivity contribution in [2.45, 2.75) is 6.42 Å². The lowest BCUT2D eigenvalue weighted by Crippen LogP contribution is -2.14. The van der Waals surface area contributed by atoms with Crippen LogP contribution in [0.3, 0.4) is 0 Å². The van der Waals surface area contributed by atoms with Crippen molar-refractivity contribution in [3.05, 3.63) is 29.8 Å². The Morgan fingerprint density at radius 1 is 1.47 bits per heavy atom. The molecule has 0 aliphatic heterocycles. The van der Waals surface area contributed by atoms with Gasteiger partial charge in [0.2, 0.25) is 5.91 Å². The average Bonchev–Trinajstić information content (AvgIpc) is 2.35. The van der Waals surface area contributed by atoms with Crippen LogP contribution in [0.4, 0.5) is 5.69 Å². The minimum absolute atomic E-state index is 0.0890. The molecule has 3 N–H and O–H groups in total. The largest absolute Gasteiger partial charge is 0.384 e. The highest BCUT2D eigenvalue weighted by Gasteiger charge is 2.04. The number of nitrogens with two attached hydrogens (primary N) is 1. The normalized spacial score (nSPS) is 9.29. The molecule has 0 radical (unpaired) electrons. The summed E-state index contributed by atoms with van der Waals surface area (Å²) in [7, 11) is 1.56. The van der Waals surface area contributed by atoms with Gasteiger partial charge in [-0.05, 0) is 12.1 Å². The Morgan fingerprint density at radius 2 is 2.24 bits per heavy atom. The molecule has 4 nitrogen and oxygen atoms in total. The number of anilines is 1. The minimum Gasteiger partial charge on any atom is -0.384 e. The van der Waals surface area contributed by atoms with Gasteiger partial charge in [0.25, 0.3) is 0 Å². The van der Waals surface area contributed by atoms with E-state index in [0.717, 1.165) is 5.56 Å². The van der Waals surface area contributed by atoms with Crippen molar-refractivity contribution in [1.82, 2.24) is 0 Å². The second-order valence-electron chi connectivity index (χ2n) is 3.34. The molecular weight excluding hydrogens is 216 g/mol. The standard InChI is InChI=1S/C13H16N2O2/c1-17-10-8-13(16)15-12-7-3-2-5-11(12)6-4-9-14/h2-3,5,7H,8-10,14H2,1H3,(H,15,16). The Balaban J connectivity index is 2.73. The van der Waals surface area contributed by atoms with Gasteiger partial charge in [0.05, 0.1) is 25.3 Å². The molecule has 0 atom stereocenters. The number of carbonyl (C=O) groups is 1. The van der Waals surface area contributed by atoms with Gasteiger partial charge in [0.15, 0.2) is 0 Å². The van der Waals surface area contributed by atoms with Crippen LogP contribution in [-0.2, 0) is 9.53 Å². The molecule has 0 bridgehead atoms. The molecule has 1 aromatic rings. The van der Waals surface area contributed by atoms with Crippen LogP contribution in [0.25, 0.3) is 0 Å².